The van der Waals surface area contributed by atoms with Crippen molar-refractivity contribution in [1.82, 2.24) is 14.0 Å². The lowest BCUT2D eigenvalue weighted by Gasteiger charge is -2.16. The van der Waals surface area contributed by atoms with Crippen molar-refractivity contribution in [3.8, 4) is 0 Å². The Morgan fingerprint density at radius 3 is 2.58 bits per heavy atom. The number of hydrogen-bond donors (Lipinski definition) is 0. The van der Waals surface area contributed by atoms with Gasteiger partial charge < -0.3 is 9.47 Å². The Morgan fingerprint density at radius 1 is 1.25 bits per heavy atom. The minimum absolute atomic E-state index is 0.235. The Morgan fingerprint density at radius 2 is 1.92 bits per heavy atom. The monoisotopic (exact) mass is 391 g/mol. The molecule has 0 aliphatic carbocycles. The molecule has 0 aliphatic heterocycles. The van der Waals surface area contributed by atoms with Gasteiger partial charge in [-0.25, -0.2) is 4.79 Å². The molecular formula is C17H18BrN3O3. The first kappa shape index (κ1) is 17.9. The molecule has 0 radical (unpaired) electrons. The molecule has 1 aromatic carbocycles. The molecule has 2 aromatic rings. The topological polar surface area (TPSA) is 64.3 Å². The molecule has 0 bridgehead atoms. The van der Waals surface area contributed by atoms with E-state index >= 15 is 0 Å². The number of hydrogen-bond acceptors (Lipinski definition) is 3. The number of nitrogens with zero attached hydrogens (tertiary/aromatic N) is 3. The predicted molar refractivity (Wildman–Crippen MR) is 96.6 cm³/mol. The summed E-state index contributed by atoms with van der Waals surface area (Å²) in [7, 11) is 4.65. The molecule has 0 N–H and O–H groups in total. The van der Waals surface area contributed by atoms with Gasteiger partial charge in [-0.15, -0.1) is 0 Å². The van der Waals surface area contributed by atoms with Gasteiger partial charge in [-0.3, -0.25) is 14.2 Å². The summed E-state index contributed by atoms with van der Waals surface area (Å²) in [5.41, 5.74) is 0.423. The Kier molecular flexibility index (Phi) is 5.56. The Bertz CT molecular complexity index is 912. The van der Waals surface area contributed by atoms with Crippen molar-refractivity contribution in [3.05, 3.63) is 73.0 Å². The summed E-state index contributed by atoms with van der Waals surface area (Å²) in [5, 5.41) is 0. The van der Waals surface area contributed by atoms with E-state index in [1.165, 1.54) is 30.0 Å². The molecule has 24 heavy (non-hydrogen) atoms. The van der Waals surface area contributed by atoms with E-state index in [-0.39, 0.29) is 11.5 Å². The fraction of sp³-hybridized carbons (Fsp3) is 0.235. The molecule has 0 atom stereocenters. The van der Waals surface area contributed by atoms with Crippen molar-refractivity contribution in [2.45, 2.75) is 6.54 Å². The van der Waals surface area contributed by atoms with E-state index in [1.54, 1.807) is 19.0 Å². The highest BCUT2D eigenvalue weighted by atomic mass is 79.9. The van der Waals surface area contributed by atoms with E-state index in [1.807, 2.05) is 24.3 Å². The number of rotatable bonds is 4. The molecule has 0 aliphatic rings. The number of halogens is 1. The normalized spacial score (nSPS) is 11.0. The molecule has 2 rings (SSSR count). The standard InChI is InChI=1S/C17H18BrN3O3/c1-19(10-12-6-4-5-7-14(12)18)15(22)9-8-13-11-20(2)17(24)21(3)16(13)23/h4-9,11H,10H2,1-3H3/b9-8+. The van der Waals surface area contributed by atoms with Gasteiger partial charge in [0, 0.05) is 44.4 Å². The number of carbonyl (C=O) groups is 1. The molecular weight excluding hydrogens is 374 g/mol. The van der Waals surface area contributed by atoms with E-state index in [9.17, 15) is 14.4 Å². The third kappa shape index (κ3) is 3.91. The van der Waals surface area contributed by atoms with Crippen molar-refractivity contribution < 1.29 is 4.79 Å². The van der Waals surface area contributed by atoms with Crippen LogP contribution in [0.25, 0.3) is 6.08 Å². The highest BCUT2D eigenvalue weighted by Gasteiger charge is 2.09. The first-order valence-corrected chi connectivity index (χ1v) is 8.04. The van der Waals surface area contributed by atoms with Crippen LogP contribution >= 0.6 is 15.9 Å². The zero-order chi connectivity index (χ0) is 17.9. The maximum Gasteiger partial charge on any atom is 0.330 e. The number of likely N-dealkylation sites (N-methyl/N-ethyl adjacent to an activating group) is 1. The van der Waals surface area contributed by atoms with E-state index in [0.717, 1.165) is 14.6 Å². The Hall–Kier alpha value is -2.41. The second kappa shape index (κ2) is 7.44. The molecule has 126 valence electrons. The van der Waals surface area contributed by atoms with E-state index in [4.69, 9.17) is 0 Å². The average Bonchev–Trinajstić information content (AvgIpc) is 2.56. The summed E-state index contributed by atoms with van der Waals surface area (Å²) in [6, 6.07) is 7.66. The van der Waals surface area contributed by atoms with Gasteiger partial charge >= 0.3 is 5.69 Å². The Labute approximate surface area is 147 Å². The smallest absolute Gasteiger partial charge is 0.330 e. The minimum atomic E-state index is -0.435. The van der Waals surface area contributed by atoms with E-state index in [2.05, 4.69) is 15.9 Å². The zero-order valence-electron chi connectivity index (χ0n) is 13.7. The van der Waals surface area contributed by atoms with Crippen LogP contribution in [-0.4, -0.2) is 27.0 Å². The number of aromatic nitrogens is 2. The van der Waals surface area contributed by atoms with Gasteiger partial charge in [-0.2, -0.15) is 0 Å². The molecule has 0 saturated heterocycles. The van der Waals surface area contributed by atoms with Gasteiger partial charge in [0.2, 0.25) is 5.91 Å². The van der Waals surface area contributed by atoms with Gasteiger partial charge in [0.05, 0.1) is 5.56 Å². The van der Waals surface area contributed by atoms with Crippen LogP contribution in [0.15, 0.2) is 50.6 Å². The van der Waals surface area contributed by atoms with Crippen molar-refractivity contribution >= 4 is 27.9 Å². The molecule has 0 fully saturated rings. The maximum atomic E-state index is 12.2. The molecule has 6 nitrogen and oxygen atoms in total. The fourth-order valence-corrected chi connectivity index (χ4v) is 2.61. The number of carbonyl (C=O) groups excluding carboxylic acids is 1. The lowest BCUT2D eigenvalue weighted by Crippen LogP contribution is -2.37. The van der Waals surface area contributed by atoms with Crippen molar-refractivity contribution in [3.63, 3.8) is 0 Å². The summed E-state index contributed by atoms with van der Waals surface area (Å²) in [4.78, 5) is 37.4. The third-order valence-electron chi connectivity index (χ3n) is 3.62. The number of aryl methyl sites for hydroxylation is 1. The fourth-order valence-electron chi connectivity index (χ4n) is 2.20. The molecule has 7 heteroatoms. The van der Waals surface area contributed by atoms with Crippen LogP contribution in [0, 0.1) is 0 Å². The summed E-state index contributed by atoms with van der Waals surface area (Å²) >= 11 is 3.45. The first-order valence-electron chi connectivity index (χ1n) is 7.24. The van der Waals surface area contributed by atoms with Crippen LogP contribution in [0.3, 0.4) is 0 Å². The molecule has 0 spiro atoms. The van der Waals surface area contributed by atoms with Crippen molar-refractivity contribution in [1.29, 1.82) is 0 Å². The summed E-state index contributed by atoms with van der Waals surface area (Å²) in [6.45, 7) is 0.440. The molecule has 1 heterocycles. The van der Waals surface area contributed by atoms with E-state index < -0.39 is 11.2 Å². The molecule has 1 amide bonds. The Balaban J connectivity index is 2.18. The van der Waals surface area contributed by atoms with Gasteiger partial charge in [0.15, 0.2) is 0 Å². The average molecular weight is 392 g/mol. The summed E-state index contributed by atoms with van der Waals surface area (Å²) in [6.07, 6.45) is 4.18. The largest absolute Gasteiger partial charge is 0.338 e. The summed E-state index contributed by atoms with van der Waals surface area (Å²) < 4.78 is 3.24. The van der Waals surface area contributed by atoms with Crippen LogP contribution in [0.4, 0.5) is 0 Å². The van der Waals surface area contributed by atoms with Crippen LogP contribution < -0.4 is 11.2 Å². The number of amides is 1. The van der Waals surface area contributed by atoms with E-state index in [0.29, 0.717) is 6.54 Å². The zero-order valence-corrected chi connectivity index (χ0v) is 15.3. The van der Waals surface area contributed by atoms with Crippen molar-refractivity contribution in [2.24, 2.45) is 14.1 Å². The second-order valence-corrected chi connectivity index (χ2v) is 6.32. The van der Waals surface area contributed by atoms with Crippen LogP contribution in [0.1, 0.15) is 11.1 Å². The van der Waals surface area contributed by atoms with Gasteiger partial charge in [0.1, 0.15) is 0 Å². The lowest BCUT2D eigenvalue weighted by atomic mass is 10.2. The van der Waals surface area contributed by atoms with Crippen LogP contribution in [0.5, 0.6) is 0 Å². The van der Waals surface area contributed by atoms with Crippen LogP contribution in [-0.2, 0) is 25.4 Å². The lowest BCUT2D eigenvalue weighted by molar-refractivity contribution is -0.125. The second-order valence-electron chi connectivity index (χ2n) is 5.46. The van der Waals surface area contributed by atoms with Gasteiger partial charge in [-0.05, 0) is 17.7 Å². The minimum Gasteiger partial charge on any atom is -0.338 e. The van der Waals surface area contributed by atoms with Crippen molar-refractivity contribution in [2.75, 3.05) is 7.05 Å². The van der Waals surface area contributed by atoms with Crippen LogP contribution in [0.2, 0.25) is 0 Å². The number of benzene rings is 1. The SMILES string of the molecule is CN(Cc1ccccc1Br)C(=O)/C=C/c1cn(C)c(=O)n(C)c1=O. The molecule has 0 unspecified atom stereocenters. The summed E-state index contributed by atoms with van der Waals surface area (Å²) in [5.74, 6) is -0.235. The third-order valence-corrected chi connectivity index (χ3v) is 4.39. The van der Waals surface area contributed by atoms with Gasteiger partial charge in [-0.1, -0.05) is 34.1 Å². The first-order chi connectivity index (χ1) is 11.3. The highest BCUT2D eigenvalue weighted by molar-refractivity contribution is 9.10. The quantitative estimate of drug-likeness (QED) is 0.742. The maximum absolute atomic E-state index is 12.2. The predicted octanol–water partition coefficient (Wildman–Crippen LogP) is 1.52. The molecule has 0 saturated carbocycles. The molecule has 1 aromatic heterocycles. The highest BCUT2D eigenvalue weighted by Crippen LogP contribution is 2.17. The van der Waals surface area contributed by atoms with Gasteiger partial charge in [0.25, 0.3) is 5.56 Å².